The van der Waals surface area contributed by atoms with E-state index in [9.17, 15) is 25.0 Å². The van der Waals surface area contributed by atoms with Crippen molar-refractivity contribution in [1.29, 1.82) is 5.26 Å². The minimum atomic E-state index is -1.13. The topological polar surface area (TPSA) is 143 Å². The number of benzene rings is 3. The molecule has 3 aromatic carbocycles. The summed E-state index contributed by atoms with van der Waals surface area (Å²) in [5, 5.41) is 31.8. The van der Waals surface area contributed by atoms with Gasteiger partial charge in [-0.1, -0.05) is 30.3 Å². The van der Waals surface area contributed by atoms with Crippen LogP contribution in [0.25, 0.3) is 6.08 Å². The number of aromatic carboxylic acids is 1. The molecule has 0 bridgehead atoms. The monoisotopic (exact) mass is 443 g/mol. The molecule has 0 aromatic heterocycles. The molecule has 0 fully saturated rings. The van der Waals surface area contributed by atoms with Crippen molar-refractivity contribution in [1.82, 2.24) is 0 Å². The Kier molecular flexibility index (Phi) is 7.13. The number of non-ortho nitro benzene ring substituents is 1. The minimum absolute atomic E-state index is 0.0102. The van der Waals surface area contributed by atoms with Crippen molar-refractivity contribution in [2.45, 2.75) is 6.61 Å². The Hall–Kier alpha value is -4.97. The molecule has 9 nitrogen and oxygen atoms in total. The highest BCUT2D eigenvalue weighted by Gasteiger charge is 2.11. The molecule has 0 aliphatic carbocycles. The minimum Gasteiger partial charge on any atom is -0.489 e. The zero-order valence-corrected chi connectivity index (χ0v) is 17.1. The summed E-state index contributed by atoms with van der Waals surface area (Å²) in [6.45, 7) is 0.137. The normalized spacial score (nSPS) is 10.7. The second-order valence-corrected chi connectivity index (χ2v) is 6.79. The van der Waals surface area contributed by atoms with Gasteiger partial charge in [0.2, 0.25) is 0 Å². The second kappa shape index (κ2) is 10.4. The van der Waals surface area contributed by atoms with Crippen molar-refractivity contribution in [3.8, 4) is 11.8 Å². The SMILES string of the molecule is N#C/C(=C/c1ccc(OCc2cccc([N+](=O)[O-])c2)cc1)C(=O)Nc1cccc(C(=O)O)c1. The lowest BCUT2D eigenvalue weighted by Crippen LogP contribution is -2.13. The van der Waals surface area contributed by atoms with Gasteiger partial charge in [-0.15, -0.1) is 0 Å². The van der Waals surface area contributed by atoms with Gasteiger partial charge in [-0.3, -0.25) is 14.9 Å². The van der Waals surface area contributed by atoms with Crippen molar-refractivity contribution in [2.24, 2.45) is 0 Å². The van der Waals surface area contributed by atoms with Crippen LogP contribution in [-0.4, -0.2) is 21.9 Å². The number of amides is 1. The summed E-state index contributed by atoms with van der Waals surface area (Å²) in [5.41, 5.74) is 1.30. The highest BCUT2D eigenvalue weighted by molar-refractivity contribution is 6.10. The molecule has 9 heteroatoms. The van der Waals surface area contributed by atoms with Crippen LogP contribution in [0.3, 0.4) is 0 Å². The third-order valence-corrected chi connectivity index (χ3v) is 4.45. The predicted molar refractivity (Wildman–Crippen MR) is 119 cm³/mol. The number of carboxylic acid groups (broad SMARTS) is 1. The number of nitriles is 1. The van der Waals surface area contributed by atoms with Crippen molar-refractivity contribution in [3.63, 3.8) is 0 Å². The Balaban J connectivity index is 1.65. The zero-order chi connectivity index (χ0) is 23.8. The summed E-state index contributed by atoms with van der Waals surface area (Å²) >= 11 is 0. The van der Waals surface area contributed by atoms with E-state index in [1.54, 1.807) is 36.4 Å². The van der Waals surface area contributed by atoms with Crippen LogP contribution in [0, 0.1) is 21.4 Å². The van der Waals surface area contributed by atoms with E-state index < -0.39 is 16.8 Å². The number of hydrogen-bond donors (Lipinski definition) is 2. The fraction of sp³-hybridized carbons (Fsp3) is 0.0417. The Morgan fingerprint density at radius 3 is 2.48 bits per heavy atom. The molecule has 0 heterocycles. The highest BCUT2D eigenvalue weighted by Crippen LogP contribution is 2.19. The number of nitrogens with one attached hydrogen (secondary N) is 1. The number of carboxylic acids is 1. The summed E-state index contributed by atoms with van der Waals surface area (Å²) < 4.78 is 5.63. The Morgan fingerprint density at radius 1 is 1.09 bits per heavy atom. The number of anilines is 1. The fourth-order valence-corrected chi connectivity index (χ4v) is 2.83. The largest absolute Gasteiger partial charge is 0.489 e. The standard InChI is InChI=1S/C24H17N3O6/c25-14-19(23(28)26-20-5-2-4-18(13-20)24(29)30)11-16-7-9-22(10-8-16)33-15-17-3-1-6-21(12-17)27(31)32/h1-13H,15H2,(H,26,28)(H,29,30)/b19-11-. The van der Waals surface area contributed by atoms with E-state index in [0.717, 1.165) is 0 Å². The average Bonchev–Trinajstić information content (AvgIpc) is 2.82. The van der Waals surface area contributed by atoms with E-state index in [-0.39, 0.29) is 29.1 Å². The van der Waals surface area contributed by atoms with Gasteiger partial charge >= 0.3 is 5.97 Å². The lowest BCUT2D eigenvalue weighted by Gasteiger charge is -2.07. The zero-order valence-electron chi connectivity index (χ0n) is 17.1. The molecule has 0 saturated heterocycles. The van der Waals surface area contributed by atoms with Gasteiger partial charge in [0.05, 0.1) is 10.5 Å². The maximum atomic E-state index is 12.4. The van der Waals surface area contributed by atoms with E-state index in [1.165, 1.54) is 42.5 Å². The van der Waals surface area contributed by atoms with Gasteiger partial charge in [-0.05, 0) is 47.5 Å². The lowest BCUT2D eigenvalue weighted by atomic mass is 10.1. The first-order valence-corrected chi connectivity index (χ1v) is 9.58. The number of carbonyl (C=O) groups excluding carboxylic acids is 1. The third-order valence-electron chi connectivity index (χ3n) is 4.45. The maximum absolute atomic E-state index is 12.4. The molecular weight excluding hydrogens is 426 g/mol. The molecule has 1 amide bonds. The molecule has 3 rings (SSSR count). The molecule has 0 saturated carbocycles. The molecule has 33 heavy (non-hydrogen) atoms. The van der Waals surface area contributed by atoms with Crippen LogP contribution >= 0.6 is 0 Å². The van der Waals surface area contributed by atoms with Gasteiger partial charge in [-0.25, -0.2) is 4.79 Å². The Labute approximate surface area is 188 Å². The number of rotatable bonds is 8. The maximum Gasteiger partial charge on any atom is 0.335 e. The van der Waals surface area contributed by atoms with Gasteiger partial charge in [0.15, 0.2) is 0 Å². The number of nitro benzene ring substituents is 1. The van der Waals surface area contributed by atoms with Gasteiger partial charge in [0.1, 0.15) is 24.0 Å². The number of nitrogens with zero attached hydrogens (tertiary/aromatic N) is 2. The lowest BCUT2D eigenvalue weighted by molar-refractivity contribution is -0.384. The summed E-state index contributed by atoms with van der Waals surface area (Å²) in [4.78, 5) is 33.8. The van der Waals surface area contributed by atoms with Crippen molar-refractivity contribution in [3.05, 3.63) is 105 Å². The van der Waals surface area contributed by atoms with Gasteiger partial charge < -0.3 is 15.2 Å². The Bertz CT molecular complexity index is 1280. The summed E-state index contributed by atoms with van der Waals surface area (Å²) in [5.74, 6) is -1.30. The van der Waals surface area contributed by atoms with Crippen LogP contribution in [0.1, 0.15) is 21.5 Å². The molecule has 0 spiro atoms. The number of hydrogen-bond acceptors (Lipinski definition) is 6. The molecule has 0 radical (unpaired) electrons. The first-order valence-electron chi connectivity index (χ1n) is 9.58. The molecule has 3 aromatic rings. The van der Waals surface area contributed by atoms with Crippen LogP contribution in [0.4, 0.5) is 11.4 Å². The van der Waals surface area contributed by atoms with Crippen LogP contribution in [0.2, 0.25) is 0 Å². The smallest absolute Gasteiger partial charge is 0.335 e. The number of ether oxygens (including phenoxy) is 1. The van der Waals surface area contributed by atoms with E-state index in [4.69, 9.17) is 9.84 Å². The predicted octanol–water partition coefficient (Wildman–Crippen LogP) is 4.42. The van der Waals surface area contributed by atoms with Gasteiger partial charge in [0, 0.05) is 17.8 Å². The number of nitro groups is 1. The van der Waals surface area contributed by atoms with Gasteiger partial charge in [-0.2, -0.15) is 5.26 Å². The van der Waals surface area contributed by atoms with Crippen molar-refractivity contribution < 1.29 is 24.4 Å². The van der Waals surface area contributed by atoms with Crippen LogP contribution in [0.15, 0.2) is 78.4 Å². The van der Waals surface area contributed by atoms with Crippen LogP contribution in [0.5, 0.6) is 5.75 Å². The van der Waals surface area contributed by atoms with Crippen molar-refractivity contribution >= 4 is 29.3 Å². The molecule has 0 unspecified atom stereocenters. The molecule has 0 aliphatic heterocycles. The summed E-state index contributed by atoms with van der Waals surface area (Å²) in [7, 11) is 0. The Morgan fingerprint density at radius 2 is 1.82 bits per heavy atom. The second-order valence-electron chi connectivity index (χ2n) is 6.79. The van der Waals surface area contributed by atoms with E-state index in [2.05, 4.69) is 5.32 Å². The first kappa shape index (κ1) is 22.7. The van der Waals surface area contributed by atoms with Crippen LogP contribution < -0.4 is 10.1 Å². The third kappa shape index (κ3) is 6.26. The van der Waals surface area contributed by atoms with Gasteiger partial charge in [0.25, 0.3) is 11.6 Å². The summed E-state index contributed by atoms with van der Waals surface area (Å²) in [6, 6.07) is 20.2. The summed E-state index contributed by atoms with van der Waals surface area (Å²) in [6.07, 6.45) is 1.39. The molecule has 0 aliphatic rings. The van der Waals surface area contributed by atoms with Crippen LogP contribution in [-0.2, 0) is 11.4 Å². The van der Waals surface area contributed by atoms with E-state index in [0.29, 0.717) is 16.9 Å². The molecule has 2 N–H and O–H groups in total. The quantitative estimate of drug-likeness (QED) is 0.227. The molecule has 164 valence electrons. The fourth-order valence-electron chi connectivity index (χ4n) is 2.83. The van der Waals surface area contributed by atoms with E-state index >= 15 is 0 Å². The van der Waals surface area contributed by atoms with Crippen molar-refractivity contribution in [2.75, 3.05) is 5.32 Å². The molecule has 0 atom stereocenters. The molecular formula is C24H17N3O6. The average molecular weight is 443 g/mol. The highest BCUT2D eigenvalue weighted by atomic mass is 16.6. The number of carbonyl (C=O) groups is 2. The van der Waals surface area contributed by atoms with E-state index in [1.807, 2.05) is 6.07 Å². The first-order chi connectivity index (χ1) is 15.9.